The minimum Gasteiger partial charge on any atom is -0.748 e. The molecule has 29 nitrogen and oxygen atoms in total. The Hall–Kier alpha value is -3.32. The van der Waals surface area contributed by atoms with E-state index in [0.29, 0.717) is 22.5 Å². The molecule has 82 heavy (non-hydrogen) atoms. The molecular formula is C43H33N14Na5O15S5. The molecule has 0 radical (unpaired) electrons. The molecule has 0 amide bonds. The van der Waals surface area contributed by atoms with Crippen molar-refractivity contribution in [2.45, 2.75) is 33.4 Å². The summed E-state index contributed by atoms with van der Waals surface area (Å²) in [4.78, 5) is 12.9. The second-order valence-electron chi connectivity index (χ2n) is 15.7. The van der Waals surface area contributed by atoms with E-state index in [4.69, 9.17) is 0 Å². The third-order valence-electron chi connectivity index (χ3n) is 9.94. The average molecular weight is 1260 g/mol. The molecule has 0 saturated carbocycles. The van der Waals surface area contributed by atoms with Crippen LogP contribution < -0.4 is 164 Å². The first-order chi connectivity index (χ1) is 36.1. The molecule has 1 aromatic heterocycles. The molecule has 0 spiro atoms. The average Bonchev–Trinajstić information content (AvgIpc) is 3.33. The van der Waals surface area contributed by atoms with Crippen LogP contribution >= 0.6 is 0 Å². The Kier molecular flexibility index (Phi) is 29.1. The van der Waals surface area contributed by atoms with Crippen molar-refractivity contribution >= 4 is 119 Å². The van der Waals surface area contributed by atoms with Crippen LogP contribution in [0.3, 0.4) is 0 Å². The number of azo groups is 4. The fourth-order valence-electron chi connectivity index (χ4n) is 6.30. The number of nitrogens with one attached hydrogen (secondary N) is 3. The van der Waals surface area contributed by atoms with Crippen molar-refractivity contribution in [3.8, 4) is 0 Å². The van der Waals surface area contributed by atoms with Gasteiger partial charge in [0.15, 0.2) is 0 Å². The van der Waals surface area contributed by atoms with E-state index in [2.05, 4.69) is 71.5 Å². The second-order valence-corrected chi connectivity index (χ2v) is 22.6. The number of benzene rings is 6. The van der Waals surface area contributed by atoms with Gasteiger partial charge in [-0.05, 0) is 146 Å². The topological polar surface area (TPSA) is 463 Å². The number of H-pyrrole nitrogens is 1. The number of aryl methyl sites for hydroxylation is 2. The van der Waals surface area contributed by atoms with Crippen molar-refractivity contribution in [1.82, 2.24) is 15.0 Å². The number of anilines is 4. The summed E-state index contributed by atoms with van der Waals surface area (Å²) >= 11 is 0. The van der Waals surface area contributed by atoms with Gasteiger partial charge in [0, 0.05) is 11.4 Å². The van der Waals surface area contributed by atoms with Gasteiger partial charge in [-0.2, -0.15) is 40.7 Å². The molecule has 6 aromatic carbocycles. The van der Waals surface area contributed by atoms with Crippen LogP contribution in [0, 0.1) is 13.8 Å². The summed E-state index contributed by atoms with van der Waals surface area (Å²) in [5, 5.41) is 37.7. The fourth-order valence-corrected chi connectivity index (χ4v) is 8.82. The van der Waals surface area contributed by atoms with E-state index in [-0.39, 0.29) is 211 Å². The van der Waals surface area contributed by atoms with Gasteiger partial charge in [-0.1, -0.05) is 0 Å². The number of aromatic nitrogens is 3. The van der Waals surface area contributed by atoms with Gasteiger partial charge in [0.05, 0.1) is 76.1 Å². The van der Waals surface area contributed by atoms with E-state index in [0.717, 1.165) is 36.4 Å². The summed E-state index contributed by atoms with van der Waals surface area (Å²) < 4.78 is 174. The molecule has 0 aliphatic heterocycles. The largest absolute Gasteiger partial charge is 1.00 e. The van der Waals surface area contributed by atoms with Crippen molar-refractivity contribution in [2.24, 2.45) is 45.9 Å². The van der Waals surface area contributed by atoms with E-state index in [1.807, 2.05) is 0 Å². The Morgan fingerprint density at radius 3 is 1.07 bits per heavy atom. The van der Waals surface area contributed by atoms with Crippen molar-refractivity contribution in [3.63, 3.8) is 0 Å². The predicted octanol–water partition coefficient (Wildman–Crippen LogP) is -7.35. The summed E-state index contributed by atoms with van der Waals surface area (Å²) in [7, 11) is -24.3. The van der Waals surface area contributed by atoms with Crippen molar-refractivity contribution < 1.29 is 213 Å². The predicted molar refractivity (Wildman–Crippen MR) is 265 cm³/mol. The fraction of sp³-hybridized carbons (Fsp3) is 0.0930. The normalized spacial score (nSPS) is 12.0. The molecule has 0 saturated heterocycles. The summed E-state index contributed by atoms with van der Waals surface area (Å²) in [5.74, 6) is -0.851. The molecule has 39 heteroatoms. The minimum absolute atomic E-state index is 0. The van der Waals surface area contributed by atoms with Crippen molar-refractivity contribution in [1.29, 1.82) is 0 Å². The quantitative estimate of drug-likeness (QED) is 0.0385. The van der Waals surface area contributed by atoms with E-state index in [9.17, 15) is 64.9 Å². The zero-order valence-corrected chi connectivity index (χ0v) is 58.1. The molecule has 0 unspecified atom stereocenters. The number of hydrogen-bond donors (Lipinski definition) is 3. The molecule has 7 aromatic rings. The molecular weight excluding hydrogens is 1230 g/mol. The smallest absolute Gasteiger partial charge is 0.748 e. The SMILES string of the molecule is Cc1cc(Nc2nc(=NCCS(=O)(=O)[O-])nc(Nc3ccc(N=Nc4ccc(N=Nc5ccc(S(=O)(=O)[O-])cc5)cc4S(=O)(=O)[O-])c(C)c3)[nH]2)ccc1N=Nc1ccc(N=Nc2ccc(S(=O)(=O)[O-])cc2)cc1S(=O)(=O)[O-].[Na+].[Na+].[Na+].[Na+].[Na+]. The molecule has 0 fully saturated rings. The number of rotatable bonds is 19. The Morgan fingerprint density at radius 2 is 0.744 bits per heavy atom. The van der Waals surface area contributed by atoms with Gasteiger partial charge >= 0.3 is 148 Å². The van der Waals surface area contributed by atoms with Gasteiger partial charge in [0.1, 0.15) is 51.8 Å². The zero-order valence-electron chi connectivity index (χ0n) is 44.0. The maximum atomic E-state index is 12.2. The van der Waals surface area contributed by atoms with Crippen molar-refractivity contribution in [3.05, 3.63) is 138 Å². The minimum atomic E-state index is -5.13. The molecule has 1 heterocycles. The number of hydrogen-bond acceptors (Lipinski definition) is 28. The first-order valence-corrected chi connectivity index (χ1v) is 28.4. The van der Waals surface area contributed by atoms with Gasteiger partial charge in [0.2, 0.25) is 11.9 Å². The summed E-state index contributed by atoms with van der Waals surface area (Å²) in [6.45, 7) is 2.78. The van der Waals surface area contributed by atoms with Gasteiger partial charge in [-0.3, -0.25) is 4.98 Å². The van der Waals surface area contributed by atoms with Gasteiger partial charge in [-0.15, -0.1) is 10.2 Å². The van der Waals surface area contributed by atoms with Crippen LogP contribution in [0.25, 0.3) is 0 Å². The standard InChI is InChI=1S/C43H38N14O15S5.5Na/c1-25-21-29(7-15-35(25)54-56-37-17-9-31(23-39(37)76(67,68)69)52-50-27-3-11-33(12-4-27)74(61,62)63)45-42-47-41(44-19-20-73(58,59)60)48-43(49-42)46-30-8-16-36(26(2)22-30)55-57-38-18-10-32(24-40(38)77(70,71)72)53-51-28-5-13-34(14-6-28)75(64,65)66;;;;;/h3-18,21-24H,19-20H2,1-2H3,(H,58,59,60)(H,61,62,63)(H,64,65,66)(H,67,68,69)(H,70,71,72)(H3,44,45,46,47,48,49);;;;;/q;5*+1/p-5. The van der Waals surface area contributed by atoms with Crippen LogP contribution in [0.1, 0.15) is 11.1 Å². The van der Waals surface area contributed by atoms with Crippen molar-refractivity contribution in [2.75, 3.05) is 22.9 Å². The Morgan fingerprint density at radius 1 is 0.415 bits per heavy atom. The molecule has 7 rings (SSSR count). The maximum absolute atomic E-state index is 12.2. The molecule has 0 bridgehead atoms. The van der Waals surface area contributed by atoms with E-state index in [1.54, 1.807) is 26.0 Å². The van der Waals surface area contributed by atoms with Crippen LogP contribution in [0.5, 0.6) is 0 Å². The van der Waals surface area contributed by atoms with E-state index < -0.39 is 82.5 Å². The Labute approximate surface area is 579 Å². The van der Waals surface area contributed by atoms with Crippen LogP contribution in [0.2, 0.25) is 0 Å². The number of aromatic amines is 1. The molecule has 0 aliphatic carbocycles. The van der Waals surface area contributed by atoms with E-state index in [1.165, 1.54) is 72.8 Å². The molecule has 0 aliphatic rings. The van der Waals surface area contributed by atoms with Gasteiger partial charge < -0.3 is 33.4 Å². The third-order valence-corrected chi connectivity index (χ3v) is 14.1. The molecule has 0 atom stereocenters. The van der Waals surface area contributed by atoms with Crippen LogP contribution in [-0.2, 0) is 50.6 Å². The maximum Gasteiger partial charge on any atom is 1.00 e. The molecule has 3 N–H and O–H groups in total. The first kappa shape index (κ1) is 74.8. The van der Waals surface area contributed by atoms with Gasteiger partial charge in [-0.25, -0.2) is 47.1 Å². The first-order valence-electron chi connectivity index (χ1n) is 21.2. The number of nitrogens with zero attached hydrogens (tertiary/aromatic N) is 11. The summed E-state index contributed by atoms with van der Waals surface area (Å²) in [5.41, 5.74) is 1.34. The molecule has 400 valence electrons. The third kappa shape index (κ3) is 22.5. The monoisotopic (exact) mass is 1260 g/mol. The Balaban J connectivity index is 0.00000459. The van der Waals surface area contributed by atoms with Crippen LogP contribution in [0.4, 0.5) is 68.8 Å². The van der Waals surface area contributed by atoms with Crippen LogP contribution in [-0.4, -0.2) is 92.1 Å². The zero-order chi connectivity index (χ0) is 55.9. The Bertz CT molecular complexity index is 4000. The van der Waals surface area contributed by atoms with Crippen LogP contribution in [0.15, 0.2) is 187 Å². The van der Waals surface area contributed by atoms with Gasteiger partial charge in [0.25, 0.3) is 5.62 Å². The summed E-state index contributed by atoms with van der Waals surface area (Å²) in [6, 6.07) is 24.8. The van der Waals surface area contributed by atoms with E-state index >= 15 is 0 Å². The second kappa shape index (κ2) is 31.9. The summed E-state index contributed by atoms with van der Waals surface area (Å²) in [6.07, 6.45) is 0.